The molecule has 1 aromatic carbocycles. The number of nitrogens with zero attached hydrogens (tertiary/aromatic N) is 4. The van der Waals surface area contributed by atoms with Gasteiger partial charge in [0.15, 0.2) is 5.16 Å². The molecule has 1 aliphatic heterocycles. The fourth-order valence-corrected chi connectivity index (χ4v) is 3.28. The van der Waals surface area contributed by atoms with Crippen molar-refractivity contribution in [2.45, 2.75) is 10.1 Å². The Morgan fingerprint density at radius 1 is 1.14 bits per heavy atom. The van der Waals surface area contributed by atoms with Gasteiger partial charge in [-0.2, -0.15) is 0 Å². The van der Waals surface area contributed by atoms with Crippen molar-refractivity contribution >= 4 is 29.2 Å². The fourth-order valence-electron chi connectivity index (χ4n) is 2.23. The van der Waals surface area contributed by atoms with Crippen LogP contribution in [0.5, 0.6) is 0 Å². The Morgan fingerprint density at radius 3 is 2.71 bits per heavy atom. The van der Waals surface area contributed by atoms with Crippen LogP contribution in [0, 0.1) is 0 Å². The molecule has 110 valence electrons. The van der Waals surface area contributed by atoms with Crippen LogP contribution in [0.15, 0.2) is 46.6 Å². The Kier molecular flexibility index (Phi) is 4.63. The van der Waals surface area contributed by atoms with Gasteiger partial charge in [0, 0.05) is 42.3 Å². The molecule has 1 saturated heterocycles. The van der Waals surface area contributed by atoms with E-state index in [2.05, 4.69) is 26.8 Å². The van der Waals surface area contributed by atoms with Crippen LogP contribution in [0.4, 0.5) is 5.82 Å². The molecule has 6 heteroatoms. The second kappa shape index (κ2) is 6.64. The molecule has 0 unspecified atom stereocenters. The third kappa shape index (κ3) is 3.87. The van der Waals surface area contributed by atoms with E-state index in [1.54, 1.807) is 0 Å². The Bertz CT molecular complexity index is 614. The van der Waals surface area contributed by atoms with Crippen molar-refractivity contribution in [2.75, 3.05) is 38.1 Å². The highest BCUT2D eigenvalue weighted by Crippen LogP contribution is 2.27. The van der Waals surface area contributed by atoms with Gasteiger partial charge in [-0.1, -0.05) is 17.7 Å². The van der Waals surface area contributed by atoms with Crippen LogP contribution in [0.25, 0.3) is 0 Å². The second-order valence-corrected chi connectivity index (χ2v) is 6.52. The lowest BCUT2D eigenvalue weighted by Crippen LogP contribution is -2.44. The number of rotatable bonds is 3. The average molecular weight is 321 g/mol. The van der Waals surface area contributed by atoms with Gasteiger partial charge in [-0.3, -0.25) is 0 Å². The maximum atomic E-state index is 6.01. The summed E-state index contributed by atoms with van der Waals surface area (Å²) in [5.41, 5.74) is 0. The van der Waals surface area contributed by atoms with E-state index in [1.807, 2.05) is 36.5 Å². The van der Waals surface area contributed by atoms with E-state index >= 15 is 0 Å². The summed E-state index contributed by atoms with van der Waals surface area (Å²) in [5.74, 6) is 1.00. The van der Waals surface area contributed by atoms with Gasteiger partial charge in [-0.25, -0.2) is 9.97 Å². The zero-order valence-electron chi connectivity index (χ0n) is 11.9. The van der Waals surface area contributed by atoms with Gasteiger partial charge in [-0.15, -0.1) is 0 Å². The van der Waals surface area contributed by atoms with Crippen molar-refractivity contribution in [3.63, 3.8) is 0 Å². The molecular formula is C15H17ClN4S. The lowest BCUT2D eigenvalue weighted by atomic mass is 10.3. The summed E-state index contributed by atoms with van der Waals surface area (Å²) in [7, 11) is 2.15. The largest absolute Gasteiger partial charge is 0.354 e. The van der Waals surface area contributed by atoms with Crippen LogP contribution < -0.4 is 4.90 Å². The van der Waals surface area contributed by atoms with Crippen molar-refractivity contribution in [3.05, 3.63) is 41.6 Å². The summed E-state index contributed by atoms with van der Waals surface area (Å²) < 4.78 is 0. The SMILES string of the molecule is CN1CCN(c2ccnc(Sc3cccc(Cl)c3)n2)CC1. The topological polar surface area (TPSA) is 32.3 Å². The summed E-state index contributed by atoms with van der Waals surface area (Å²) in [6.45, 7) is 4.16. The minimum atomic E-state index is 0.732. The summed E-state index contributed by atoms with van der Waals surface area (Å²) in [6, 6.07) is 9.73. The van der Waals surface area contributed by atoms with E-state index in [0.717, 1.165) is 47.1 Å². The molecule has 2 heterocycles. The van der Waals surface area contributed by atoms with E-state index < -0.39 is 0 Å². The molecule has 1 aliphatic rings. The number of piperazine rings is 1. The van der Waals surface area contributed by atoms with E-state index in [4.69, 9.17) is 11.6 Å². The monoisotopic (exact) mass is 320 g/mol. The Morgan fingerprint density at radius 2 is 1.95 bits per heavy atom. The van der Waals surface area contributed by atoms with Gasteiger partial charge >= 0.3 is 0 Å². The molecule has 1 aromatic heterocycles. The van der Waals surface area contributed by atoms with Crippen LogP contribution in [0.2, 0.25) is 5.02 Å². The quantitative estimate of drug-likeness (QED) is 0.812. The summed E-state index contributed by atoms with van der Waals surface area (Å²) in [5, 5.41) is 1.49. The maximum Gasteiger partial charge on any atom is 0.194 e. The standard InChI is InChI=1S/C15H17ClN4S/c1-19-7-9-20(10-8-19)14-5-6-17-15(18-14)21-13-4-2-3-12(16)11-13/h2-6,11H,7-10H2,1H3. The first kappa shape index (κ1) is 14.6. The first-order chi connectivity index (χ1) is 10.2. The van der Waals surface area contributed by atoms with Crippen LogP contribution >= 0.6 is 23.4 Å². The fraction of sp³-hybridized carbons (Fsp3) is 0.333. The normalized spacial score (nSPS) is 16.2. The van der Waals surface area contributed by atoms with Crippen molar-refractivity contribution < 1.29 is 0 Å². The molecule has 2 aromatic rings. The van der Waals surface area contributed by atoms with Gasteiger partial charge < -0.3 is 9.80 Å². The predicted octanol–water partition coefficient (Wildman–Crippen LogP) is 3.03. The Balaban J connectivity index is 1.74. The lowest BCUT2D eigenvalue weighted by molar-refractivity contribution is 0.312. The number of benzene rings is 1. The Labute approximate surface area is 134 Å². The molecule has 4 nitrogen and oxygen atoms in total. The molecule has 0 radical (unpaired) electrons. The van der Waals surface area contributed by atoms with E-state index in [0.29, 0.717) is 0 Å². The minimum Gasteiger partial charge on any atom is -0.354 e. The lowest BCUT2D eigenvalue weighted by Gasteiger charge is -2.33. The molecular weight excluding hydrogens is 304 g/mol. The second-order valence-electron chi connectivity index (χ2n) is 5.05. The Hall–Kier alpha value is -1.30. The number of anilines is 1. The molecule has 0 aliphatic carbocycles. The molecule has 21 heavy (non-hydrogen) atoms. The number of likely N-dealkylation sites (N-methyl/N-ethyl adjacent to an activating group) is 1. The summed E-state index contributed by atoms with van der Waals surface area (Å²) >= 11 is 7.55. The number of hydrogen-bond acceptors (Lipinski definition) is 5. The molecule has 1 fully saturated rings. The third-order valence-corrected chi connectivity index (χ3v) is 4.56. The average Bonchev–Trinajstić information content (AvgIpc) is 2.48. The van der Waals surface area contributed by atoms with Gasteiger partial charge in [0.1, 0.15) is 5.82 Å². The molecule has 0 atom stereocenters. The van der Waals surface area contributed by atoms with Gasteiger partial charge in [0.25, 0.3) is 0 Å². The van der Waals surface area contributed by atoms with E-state index in [-0.39, 0.29) is 0 Å². The zero-order chi connectivity index (χ0) is 14.7. The molecule has 0 spiro atoms. The van der Waals surface area contributed by atoms with Crippen molar-refractivity contribution in [2.24, 2.45) is 0 Å². The van der Waals surface area contributed by atoms with Crippen LogP contribution in [-0.2, 0) is 0 Å². The van der Waals surface area contributed by atoms with E-state index in [9.17, 15) is 0 Å². The van der Waals surface area contributed by atoms with Crippen molar-refractivity contribution in [1.29, 1.82) is 0 Å². The predicted molar refractivity (Wildman–Crippen MR) is 87.3 cm³/mol. The molecule has 0 bridgehead atoms. The van der Waals surface area contributed by atoms with Crippen molar-refractivity contribution in [3.8, 4) is 0 Å². The first-order valence-corrected chi connectivity index (χ1v) is 8.10. The highest BCUT2D eigenvalue weighted by Gasteiger charge is 2.15. The molecule has 3 rings (SSSR count). The minimum absolute atomic E-state index is 0.732. The third-order valence-electron chi connectivity index (χ3n) is 3.45. The first-order valence-electron chi connectivity index (χ1n) is 6.91. The molecule has 0 saturated carbocycles. The van der Waals surface area contributed by atoms with Crippen molar-refractivity contribution in [1.82, 2.24) is 14.9 Å². The zero-order valence-corrected chi connectivity index (χ0v) is 13.4. The van der Waals surface area contributed by atoms with Gasteiger partial charge in [-0.05, 0) is 43.1 Å². The number of hydrogen-bond donors (Lipinski definition) is 0. The van der Waals surface area contributed by atoms with E-state index in [1.165, 1.54) is 11.8 Å². The number of aromatic nitrogens is 2. The van der Waals surface area contributed by atoms with Crippen LogP contribution in [0.1, 0.15) is 0 Å². The highest BCUT2D eigenvalue weighted by atomic mass is 35.5. The highest BCUT2D eigenvalue weighted by molar-refractivity contribution is 7.99. The van der Waals surface area contributed by atoms with Crippen LogP contribution in [0.3, 0.4) is 0 Å². The van der Waals surface area contributed by atoms with Gasteiger partial charge in [0.2, 0.25) is 0 Å². The van der Waals surface area contributed by atoms with Gasteiger partial charge in [0.05, 0.1) is 0 Å². The number of halogens is 1. The molecule has 0 N–H and O–H groups in total. The molecule has 0 amide bonds. The maximum absolute atomic E-state index is 6.01. The smallest absolute Gasteiger partial charge is 0.194 e. The summed E-state index contributed by atoms with van der Waals surface area (Å²) in [6.07, 6.45) is 1.83. The van der Waals surface area contributed by atoms with Crippen LogP contribution in [-0.4, -0.2) is 48.1 Å². The summed E-state index contributed by atoms with van der Waals surface area (Å²) in [4.78, 5) is 14.7.